The highest BCUT2D eigenvalue weighted by molar-refractivity contribution is 7.85. The van der Waals surface area contributed by atoms with Gasteiger partial charge in [-0.3, -0.25) is 0 Å². The molecule has 0 aliphatic heterocycles. The quantitative estimate of drug-likeness (QED) is 0.123. The second kappa shape index (κ2) is 12.0. The zero-order valence-electron chi connectivity index (χ0n) is 11.3. The largest absolute Gasteiger partial charge is 0.522 e. The summed E-state index contributed by atoms with van der Waals surface area (Å²) < 4.78 is 79.6. The molecule has 26 heavy (non-hydrogen) atoms. The zero-order valence-corrected chi connectivity index (χ0v) is 15.6. The van der Waals surface area contributed by atoms with Crippen LogP contribution in [-0.4, -0.2) is 40.7 Å². The lowest BCUT2D eigenvalue weighted by Crippen LogP contribution is -2.22. The molecule has 0 aliphatic rings. The van der Waals surface area contributed by atoms with Crippen molar-refractivity contribution in [1.29, 1.82) is 0 Å². The molecule has 0 saturated heterocycles. The van der Waals surface area contributed by atoms with Gasteiger partial charge in [0.25, 0.3) is 0 Å². The Morgan fingerprint density at radius 3 is 1.38 bits per heavy atom. The van der Waals surface area contributed by atoms with Gasteiger partial charge in [-0.25, -0.2) is 38.1 Å². The van der Waals surface area contributed by atoms with E-state index in [9.17, 15) is 40.6 Å². The average molecular weight is 481 g/mol. The molecule has 2 atom stereocenters. The summed E-state index contributed by atoms with van der Waals surface area (Å²) in [5, 5.41) is 0. The van der Waals surface area contributed by atoms with Crippen LogP contribution in [0.25, 0.3) is 0 Å². The molecular formula is C4H4NO16PS4. The van der Waals surface area contributed by atoms with E-state index in [1.807, 2.05) is 0 Å². The lowest BCUT2D eigenvalue weighted by atomic mass is 10.7. The van der Waals surface area contributed by atoms with Crippen molar-refractivity contribution in [3.63, 3.8) is 0 Å². The van der Waals surface area contributed by atoms with Crippen molar-refractivity contribution in [1.82, 2.24) is 0 Å². The highest BCUT2D eigenvalue weighted by atomic mass is 32.2. The Kier molecular flexibility index (Phi) is 11.4. The first-order chi connectivity index (χ1) is 12.1. The van der Waals surface area contributed by atoms with Crippen molar-refractivity contribution in [2.75, 3.05) is 0 Å². The standard InChI is InChI=1S/C4H4NO16PS4/c5-19-22(10,20-25(13)17-3(8)1(6)15-23-11)21-26(14)18-4(9)2(7)16-24-12/h23-24H,5H2. The molecule has 0 radical (unpaired) electrons. The van der Waals surface area contributed by atoms with E-state index in [1.165, 1.54) is 0 Å². The predicted octanol–water partition coefficient (Wildman–Crippen LogP) is -3.93. The maximum absolute atomic E-state index is 11.7. The maximum atomic E-state index is 11.7. The van der Waals surface area contributed by atoms with Gasteiger partial charge >= 0.3 is 54.4 Å². The molecule has 0 aromatic heterocycles. The third kappa shape index (κ3) is 9.30. The Morgan fingerprint density at radius 2 is 1.12 bits per heavy atom. The van der Waals surface area contributed by atoms with Crippen LogP contribution in [0.2, 0.25) is 0 Å². The normalized spacial score (nSPS) is 15.0. The van der Waals surface area contributed by atoms with Crippen LogP contribution in [0, 0.1) is 0 Å². The second-order valence-electron chi connectivity index (χ2n) is 2.76. The first-order valence-electron chi connectivity index (χ1n) is 4.83. The molecule has 0 rings (SSSR count). The molecule has 0 saturated carbocycles. The van der Waals surface area contributed by atoms with Gasteiger partial charge in [-0.1, -0.05) is 0 Å². The van der Waals surface area contributed by atoms with E-state index >= 15 is 0 Å². The predicted molar refractivity (Wildman–Crippen MR) is 74.8 cm³/mol. The minimum atomic E-state index is -5.32. The third-order valence-electron chi connectivity index (χ3n) is 1.29. The van der Waals surface area contributed by atoms with Gasteiger partial charge in [-0.15, -0.1) is 0 Å². The first kappa shape index (κ1) is 24.6. The highest BCUT2D eigenvalue weighted by Crippen LogP contribution is 2.49. The van der Waals surface area contributed by atoms with Crippen molar-refractivity contribution in [2.24, 2.45) is 5.90 Å². The summed E-state index contributed by atoms with van der Waals surface area (Å²) in [6, 6.07) is 0. The fourth-order valence-corrected chi connectivity index (χ4v) is 3.27. The van der Waals surface area contributed by atoms with Crippen molar-refractivity contribution in [3.05, 3.63) is 0 Å². The van der Waals surface area contributed by atoms with Crippen LogP contribution < -0.4 is 5.90 Å². The fraction of sp³-hybridized carbons (Fsp3) is 0. The van der Waals surface area contributed by atoms with E-state index in [0.717, 1.165) is 0 Å². The van der Waals surface area contributed by atoms with Gasteiger partial charge in [0.2, 0.25) is 0 Å². The summed E-state index contributed by atoms with van der Waals surface area (Å²) in [5.41, 5.74) is 0. The molecule has 2 unspecified atom stereocenters. The molecule has 0 heterocycles. The molecule has 0 fully saturated rings. The van der Waals surface area contributed by atoms with Gasteiger partial charge in [0, 0.05) is 0 Å². The summed E-state index contributed by atoms with van der Waals surface area (Å²) in [5.74, 6) is -3.44. The minimum Gasteiger partial charge on any atom is -0.357 e. The monoisotopic (exact) mass is 481 g/mol. The van der Waals surface area contributed by atoms with Gasteiger partial charge in [-0.2, -0.15) is 21.0 Å². The van der Waals surface area contributed by atoms with E-state index in [2.05, 4.69) is 35.2 Å². The molecule has 22 heteroatoms. The number of hydrogen-bond donors (Lipinski definition) is 3. The molecule has 0 aliphatic carbocycles. The number of phosphoric acid groups is 1. The highest BCUT2D eigenvalue weighted by Gasteiger charge is 2.38. The molecule has 0 bridgehead atoms. The zero-order chi connectivity index (χ0) is 20.3. The van der Waals surface area contributed by atoms with E-state index < -0.39 is 78.3 Å². The van der Waals surface area contributed by atoms with Crippen molar-refractivity contribution >= 4 is 78.3 Å². The Labute approximate surface area is 154 Å². The maximum Gasteiger partial charge on any atom is 0.522 e. The molecule has 0 spiro atoms. The van der Waals surface area contributed by atoms with Crippen molar-refractivity contribution in [3.8, 4) is 0 Å². The fourth-order valence-electron chi connectivity index (χ4n) is 0.561. The number of thiol groups is 2. The summed E-state index contributed by atoms with van der Waals surface area (Å²) in [6.45, 7) is 0. The Hall–Kier alpha value is -1.45. The van der Waals surface area contributed by atoms with Crippen LogP contribution in [0.4, 0.5) is 0 Å². The van der Waals surface area contributed by atoms with Crippen molar-refractivity contribution in [2.45, 2.75) is 0 Å². The van der Waals surface area contributed by atoms with Crippen molar-refractivity contribution < 1.29 is 69.9 Å². The molecule has 2 N–H and O–H groups in total. The van der Waals surface area contributed by atoms with E-state index in [1.54, 1.807) is 0 Å². The van der Waals surface area contributed by atoms with Crippen LogP contribution >= 0.6 is 7.82 Å². The number of rotatable bonds is 9. The molecule has 0 aromatic rings. The minimum absolute atomic E-state index is 1.26. The van der Waals surface area contributed by atoms with Gasteiger partial charge in [0.1, 0.15) is 0 Å². The molecule has 17 nitrogen and oxygen atoms in total. The number of nitrogens with two attached hydrogens (primary N) is 1. The summed E-state index contributed by atoms with van der Waals surface area (Å²) in [4.78, 5) is 43.2. The Bertz CT molecular complexity index is 648. The number of carbonyl (C=O) groups is 4. The van der Waals surface area contributed by atoms with Gasteiger partial charge in [0.05, 0.1) is 0 Å². The number of hydrogen-bond acceptors (Lipinski definition) is 17. The van der Waals surface area contributed by atoms with Crippen LogP contribution in [-0.2, 0) is 99.7 Å². The smallest absolute Gasteiger partial charge is 0.357 e. The van der Waals surface area contributed by atoms with Gasteiger partial charge < -0.3 is 16.7 Å². The van der Waals surface area contributed by atoms with E-state index in [0.29, 0.717) is 0 Å². The molecular weight excluding hydrogens is 477 g/mol. The number of carbonyl (C=O) groups excluding carboxylic acids is 4. The summed E-state index contributed by atoms with van der Waals surface area (Å²) >= 11 is -9.39. The molecule has 0 amide bonds. The van der Waals surface area contributed by atoms with Crippen LogP contribution in [0.3, 0.4) is 0 Å². The Balaban J connectivity index is 4.79. The SMILES string of the molecule is NOP(=O)(OS(=O)OC(=O)C(=O)O[SH]=O)OS(=O)OC(=O)C(=O)O[SH]=O. The van der Waals surface area contributed by atoms with Crippen LogP contribution in [0.5, 0.6) is 0 Å². The van der Waals surface area contributed by atoms with Crippen LogP contribution in [0.15, 0.2) is 0 Å². The van der Waals surface area contributed by atoms with Crippen LogP contribution in [0.1, 0.15) is 0 Å². The lowest BCUT2D eigenvalue weighted by Gasteiger charge is -2.11. The van der Waals surface area contributed by atoms with Gasteiger partial charge in [0.15, 0.2) is 23.9 Å². The first-order valence-corrected chi connectivity index (χ1v) is 9.75. The molecule has 150 valence electrons. The third-order valence-corrected chi connectivity index (χ3v) is 5.04. The topological polar surface area (TPSA) is 244 Å². The van der Waals surface area contributed by atoms with E-state index in [4.69, 9.17) is 0 Å². The average Bonchev–Trinajstić information content (AvgIpc) is 2.54. The molecule has 0 aromatic carbocycles. The summed E-state index contributed by atoms with van der Waals surface area (Å²) in [7, 11) is -5.32. The lowest BCUT2D eigenvalue weighted by molar-refractivity contribution is -0.155. The second-order valence-corrected chi connectivity index (χ2v) is 6.87. The Morgan fingerprint density at radius 1 is 0.769 bits per heavy atom. The van der Waals surface area contributed by atoms with Gasteiger partial charge in [-0.05, 0) is 0 Å². The summed E-state index contributed by atoms with van der Waals surface area (Å²) in [6.07, 6.45) is 0. The van der Waals surface area contributed by atoms with E-state index in [-0.39, 0.29) is 0 Å².